The second-order valence-electron chi connectivity index (χ2n) is 8.71. The van der Waals surface area contributed by atoms with Crippen molar-refractivity contribution in [2.75, 3.05) is 13.7 Å². The summed E-state index contributed by atoms with van der Waals surface area (Å²) in [5, 5.41) is 9.77. The Labute approximate surface area is 221 Å². The van der Waals surface area contributed by atoms with Gasteiger partial charge in [-0.1, -0.05) is 38.0 Å². The van der Waals surface area contributed by atoms with Crippen LogP contribution >= 0.6 is 0 Å². The molecule has 194 valence electrons. The van der Waals surface area contributed by atoms with E-state index in [-0.39, 0.29) is 17.2 Å². The van der Waals surface area contributed by atoms with Gasteiger partial charge in [0.25, 0.3) is 0 Å². The van der Waals surface area contributed by atoms with Crippen molar-refractivity contribution in [2.24, 2.45) is 5.73 Å². The molecule has 4 rings (SSSR count). The number of benzene rings is 3. The lowest BCUT2D eigenvalue weighted by Gasteiger charge is -2.26. The fourth-order valence-corrected chi connectivity index (χ4v) is 4.17. The quantitative estimate of drug-likeness (QED) is 0.227. The van der Waals surface area contributed by atoms with E-state index in [4.69, 9.17) is 24.7 Å². The van der Waals surface area contributed by atoms with E-state index in [2.05, 4.69) is 13.0 Å². The summed E-state index contributed by atoms with van der Waals surface area (Å²) >= 11 is 0. The van der Waals surface area contributed by atoms with E-state index in [0.717, 1.165) is 24.8 Å². The van der Waals surface area contributed by atoms with Crippen LogP contribution in [-0.4, -0.2) is 25.7 Å². The molecule has 8 nitrogen and oxygen atoms in total. The number of hydrogen-bond donors (Lipinski definition) is 1. The maximum Gasteiger partial charge on any atom is 0.343 e. The molecule has 3 aromatic rings. The van der Waals surface area contributed by atoms with E-state index in [1.165, 1.54) is 7.11 Å². The van der Waals surface area contributed by atoms with Crippen LogP contribution in [0.2, 0.25) is 0 Å². The lowest BCUT2D eigenvalue weighted by atomic mass is 9.83. The third-order valence-electron chi connectivity index (χ3n) is 6.17. The van der Waals surface area contributed by atoms with E-state index >= 15 is 0 Å². The highest BCUT2D eigenvalue weighted by Gasteiger charge is 2.31. The largest absolute Gasteiger partial charge is 0.494 e. The van der Waals surface area contributed by atoms with Crippen molar-refractivity contribution in [2.45, 2.75) is 32.1 Å². The summed E-state index contributed by atoms with van der Waals surface area (Å²) in [5.41, 5.74) is 8.49. The van der Waals surface area contributed by atoms with Crippen molar-refractivity contribution in [3.63, 3.8) is 0 Å². The molecule has 0 saturated heterocycles. The predicted molar refractivity (Wildman–Crippen MR) is 140 cm³/mol. The van der Waals surface area contributed by atoms with Gasteiger partial charge in [-0.3, -0.25) is 0 Å². The van der Waals surface area contributed by atoms with Crippen LogP contribution in [0.4, 0.5) is 0 Å². The van der Waals surface area contributed by atoms with E-state index in [9.17, 15) is 14.9 Å². The number of ether oxygens (including phenoxy) is 4. The minimum absolute atomic E-state index is 0.0416. The van der Waals surface area contributed by atoms with Gasteiger partial charge >= 0.3 is 11.9 Å². The Morgan fingerprint density at radius 2 is 1.61 bits per heavy atom. The van der Waals surface area contributed by atoms with Gasteiger partial charge in [0, 0.05) is 11.6 Å². The second kappa shape index (κ2) is 12.0. The van der Waals surface area contributed by atoms with Crippen LogP contribution in [0.1, 0.15) is 63.9 Å². The third-order valence-corrected chi connectivity index (χ3v) is 6.17. The Kier molecular flexibility index (Phi) is 8.29. The zero-order valence-corrected chi connectivity index (χ0v) is 21.2. The van der Waals surface area contributed by atoms with Crippen molar-refractivity contribution < 1.29 is 28.5 Å². The fraction of sp³-hybridized carbons (Fsp3) is 0.233. The molecule has 0 radical (unpaired) electrons. The number of allylic oxidation sites excluding steroid dienone is 1. The number of unbranched alkanes of at least 4 members (excludes halogenated alkanes) is 2. The molecule has 0 bridgehead atoms. The number of nitrogens with two attached hydrogens (primary N) is 1. The summed E-state index contributed by atoms with van der Waals surface area (Å²) in [5.74, 6) is -0.230. The lowest BCUT2D eigenvalue weighted by molar-refractivity contribution is 0.0600. The summed E-state index contributed by atoms with van der Waals surface area (Å²) in [7, 11) is 1.31. The summed E-state index contributed by atoms with van der Waals surface area (Å²) in [6.07, 6.45) is 3.21. The molecule has 1 aliphatic rings. The molecule has 1 unspecified atom stereocenters. The zero-order valence-electron chi connectivity index (χ0n) is 21.2. The first-order chi connectivity index (χ1) is 18.4. The molecule has 0 aliphatic carbocycles. The highest BCUT2D eigenvalue weighted by atomic mass is 16.5. The number of hydrogen-bond acceptors (Lipinski definition) is 8. The Morgan fingerprint density at radius 3 is 2.26 bits per heavy atom. The topological polar surface area (TPSA) is 121 Å². The predicted octanol–water partition coefficient (Wildman–Crippen LogP) is 5.48. The maximum absolute atomic E-state index is 12.7. The van der Waals surface area contributed by atoms with Gasteiger partial charge in [0.2, 0.25) is 5.88 Å². The number of nitrogens with zero attached hydrogens (tertiary/aromatic N) is 1. The molecule has 38 heavy (non-hydrogen) atoms. The molecular weight excluding hydrogens is 484 g/mol. The number of carbonyl (C=O) groups is 2. The highest BCUT2D eigenvalue weighted by Crippen LogP contribution is 2.43. The number of esters is 2. The molecule has 0 saturated carbocycles. The zero-order chi connectivity index (χ0) is 27.1. The van der Waals surface area contributed by atoms with Crippen LogP contribution in [0.25, 0.3) is 0 Å². The minimum Gasteiger partial charge on any atom is -0.494 e. The van der Waals surface area contributed by atoms with Crippen molar-refractivity contribution in [1.29, 1.82) is 5.26 Å². The van der Waals surface area contributed by atoms with Crippen LogP contribution in [0, 0.1) is 11.3 Å². The van der Waals surface area contributed by atoms with E-state index in [1.54, 1.807) is 66.7 Å². The van der Waals surface area contributed by atoms with Crippen molar-refractivity contribution in [3.8, 4) is 23.3 Å². The van der Waals surface area contributed by atoms with Gasteiger partial charge in [0.15, 0.2) is 0 Å². The number of rotatable bonds is 9. The smallest absolute Gasteiger partial charge is 0.343 e. The molecular formula is C30H28N2O6. The Bertz CT molecular complexity index is 1390. The first kappa shape index (κ1) is 26.3. The summed E-state index contributed by atoms with van der Waals surface area (Å²) in [6.45, 7) is 2.77. The number of carbonyl (C=O) groups excluding carboxylic acids is 2. The first-order valence-corrected chi connectivity index (χ1v) is 12.3. The van der Waals surface area contributed by atoms with Crippen LogP contribution in [-0.2, 0) is 4.74 Å². The fourth-order valence-electron chi connectivity index (χ4n) is 4.17. The molecule has 3 aromatic carbocycles. The third kappa shape index (κ3) is 5.79. The molecule has 1 heterocycles. The van der Waals surface area contributed by atoms with Gasteiger partial charge in [0.1, 0.15) is 28.9 Å². The van der Waals surface area contributed by atoms with Crippen LogP contribution in [0.3, 0.4) is 0 Å². The summed E-state index contributed by atoms with van der Waals surface area (Å²) in [6, 6.07) is 20.6. The van der Waals surface area contributed by atoms with Crippen molar-refractivity contribution in [1.82, 2.24) is 0 Å². The summed E-state index contributed by atoms with van der Waals surface area (Å²) in [4.78, 5) is 24.5. The van der Waals surface area contributed by atoms with E-state index < -0.39 is 17.9 Å². The molecule has 0 fully saturated rings. The van der Waals surface area contributed by atoms with Crippen molar-refractivity contribution >= 4 is 11.9 Å². The van der Waals surface area contributed by atoms with Gasteiger partial charge < -0.3 is 24.7 Å². The van der Waals surface area contributed by atoms with Gasteiger partial charge in [-0.25, -0.2) is 9.59 Å². The van der Waals surface area contributed by atoms with Gasteiger partial charge in [0.05, 0.1) is 30.8 Å². The molecule has 8 heteroatoms. The molecule has 0 spiro atoms. The van der Waals surface area contributed by atoms with Crippen LogP contribution in [0.15, 0.2) is 78.2 Å². The number of nitriles is 1. The summed E-state index contributed by atoms with van der Waals surface area (Å²) < 4.78 is 21.7. The van der Waals surface area contributed by atoms with Gasteiger partial charge in [-0.05, 0) is 54.4 Å². The number of methoxy groups -OCH3 is 1. The lowest BCUT2D eigenvalue weighted by Crippen LogP contribution is -2.21. The Balaban J connectivity index is 1.52. The van der Waals surface area contributed by atoms with Gasteiger partial charge in [-0.15, -0.1) is 0 Å². The maximum atomic E-state index is 12.7. The second-order valence-corrected chi connectivity index (χ2v) is 8.71. The average Bonchev–Trinajstić information content (AvgIpc) is 2.94. The number of fused-ring (bicyclic) bond motifs is 1. The molecule has 2 N–H and O–H groups in total. The normalized spacial score (nSPS) is 14.1. The Morgan fingerprint density at radius 1 is 0.947 bits per heavy atom. The SMILES string of the molecule is CCCCCOc1ccc(C(=O)Oc2ccc3c(c2)OC(N)=C(C#N)C3c2ccc(C(=O)OC)cc2)cc1. The molecule has 0 aromatic heterocycles. The van der Waals surface area contributed by atoms with E-state index in [1.807, 2.05) is 0 Å². The first-order valence-electron chi connectivity index (χ1n) is 12.3. The van der Waals surface area contributed by atoms with Crippen LogP contribution in [0.5, 0.6) is 17.2 Å². The van der Waals surface area contributed by atoms with E-state index in [0.29, 0.717) is 34.8 Å². The molecule has 0 amide bonds. The highest BCUT2D eigenvalue weighted by molar-refractivity contribution is 5.91. The monoisotopic (exact) mass is 512 g/mol. The van der Waals surface area contributed by atoms with Crippen molar-refractivity contribution in [3.05, 3.63) is 100 Å². The molecule has 1 atom stereocenters. The van der Waals surface area contributed by atoms with Crippen LogP contribution < -0.4 is 19.9 Å². The minimum atomic E-state index is -0.533. The standard InChI is InChI=1S/C30H28N2O6/c1-3-4-5-16-36-22-12-10-21(11-13-22)30(34)37-23-14-15-24-26(17-23)38-28(32)25(18-31)27(24)19-6-8-20(9-7-19)29(33)35-2/h6-15,17,27H,3-5,16,32H2,1-2H3. The van der Waals surface area contributed by atoms with Gasteiger partial charge in [-0.2, -0.15) is 5.26 Å². The Hall–Kier alpha value is -4.77. The average molecular weight is 513 g/mol. The molecule has 1 aliphatic heterocycles.